The molecule has 0 aromatic heterocycles. The smallest absolute Gasteiger partial charge is 0.253 e. The lowest BCUT2D eigenvalue weighted by Gasteiger charge is -2.22. The van der Waals surface area contributed by atoms with Crippen LogP contribution in [0, 0.1) is 11.3 Å². The van der Waals surface area contributed by atoms with E-state index in [-0.39, 0.29) is 0 Å². The fourth-order valence-electron chi connectivity index (χ4n) is 0.796. The molecule has 13 heavy (non-hydrogen) atoms. The fourth-order valence-corrected chi connectivity index (χ4v) is 2.30. The van der Waals surface area contributed by atoms with Crippen LogP contribution >= 0.6 is 7.57 Å². The molecule has 0 saturated heterocycles. The minimum atomic E-state index is -2.26. The monoisotopic (exact) mass is 205 g/mol. The average Bonchev–Trinajstić information content (AvgIpc) is 2.17. The Morgan fingerprint density at radius 2 is 2.15 bits per heavy atom. The Morgan fingerprint density at radius 1 is 1.46 bits per heavy atom. The predicted molar refractivity (Wildman–Crippen MR) is 53.5 cm³/mol. The normalized spacial score (nSPS) is 14.6. The van der Waals surface area contributed by atoms with Crippen molar-refractivity contribution in [3.63, 3.8) is 0 Å². The highest BCUT2D eigenvalue weighted by Gasteiger charge is 2.16. The molecule has 76 valence electrons. The molecule has 4 nitrogen and oxygen atoms in total. The Bertz CT molecular complexity index is 222. The third kappa shape index (κ3) is 4.44. The van der Waals surface area contributed by atoms with Gasteiger partial charge in [0.05, 0.1) is 25.7 Å². The molecular formula is C8H16NO3P. The molecule has 0 aromatic carbocycles. The summed E-state index contributed by atoms with van der Waals surface area (Å²) in [4.78, 5) is 0. The summed E-state index contributed by atoms with van der Waals surface area (Å²) in [5.74, 6) is 1.79. The Balaban J connectivity index is 4.17. The molecule has 0 radical (unpaired) electrons. The van der Waals surface area contributed by atoms with Gasteiger partial charge in [0.25, 0.3) is 7.57 Å². The summed E-state index contributed by atoms with van der Waals surface area (Å²) in [5, 5.41) is 8.33. The molecule has 0 bridgehead atoms. The zero-order valence-corrected chi connectivity index (χ0v) is 9.21. The van der Waals surface area contributed by atoms with E-state index in [4.69, 9.17) is 18.8 Å². The van der Waals surface area contributed by atoms with E-state index in [0.29, 0.717) is 19.6 Å². The molecule has 0 aromatic rings. The van der Waals surface area contributed by atoms with E-state index in [1.807, 2.05) is 19.9 Å². The van der Waals surface area contributed by atoms with Crippen LogP contribution in [0.15, 0.2) is 0 Å². The van der Waals surface area contributed by atoms with E-state index in [1.165, 1.54) is 0 Å². The van der Waals surface area contributed by atoms with Gasteiger partial charge in [-0.25, -0.2) is 0 Å². The lowest BCUT2D eigenvalue weighted by Crippen LogP contribution is -2.01. The largest absolute Gasteiger partial charge is 0.321 e. The van der Waals surface area contributed by atoms with E-state index in [2.05, 4.69) is 0 Å². The first-order chi connectivity index (χ1) is 6.24. The highest BCUT2D eigenvalue weighted by atomic mass is 31.2. The second kappa shape index (κ2) is 7.11. The lowest BCUT2D eigenvalue weighted by atomic mass is 10.5. The van der Waals surface area contributed by atoms with Gasteiger partial charge >= 0.3 is 0 Å². The van der Waals surface area contributed by atoms with Gasteiger partial charge in [0, 0.05) is 7.11 Å². The van der Waals surface area contributed by atoms with Crippen molar-refractivity contribution in [2.75, 3.05) is 20.3 Å². The summed E-state index contributed by atoms with van der Waals surface area (Å²) in [5.41, 5.74) is 0. The molecule has 1 atom stereocenters. The van der Waals surface area contributed by atoms with E-state index in [1.54, 1.807) is 12.9 Å². The van der Waals surface area contributed by atoms with E-state index in [9.17, 15) is 0 Å². The molecule has 0 heterocycles. The molecule has 5 heteroatoms. The number of nitriles is 1. The number of nitrogens with zero attached hydrogens (tertiary/aromatic N) is 1. The Labute approximate surface area is 79.6 Å². The molecule has 0 aliphatic carbocycles. The number of rotatable bonds is 6. The van der Waals surface area contributed by atoms with Crippen molar-refractivity contribution in [3.8, 4) is 6.07 Å². The van der Waals surface area contributed by atoms with Gasteiger partial charge in [-0.1, -0.05) is 0 Å². The van der Waals surface area contributed by atoms with Crippen LogP contribution in [0.5, 0.6) is 0 Å². The third-order valence-electron chi connectivity index (χ3n) is 1.36. The maximum absolute atomic E-state index is 8.33. The predicted octanol–water partition coefficient (Wildman–Crippen LogP) is 2.18. The summed E-state index contributed by atoms with van der Waals surface area (Å²) in [6, 6.07) is 2.00. The molecular weight excluding hydrogens is 189 g/mol. The summed E-state index contributed by atoms with van der Waals surface area (Å²) in [7, 11) is -0.712. The van der Waals surface area contributed by atoms with Gasteiger partial charge in [-0.15, -0.1) is 0 Å². The second-order valence-corrected chi connectivity index (χ2v) is 4.62. The van der Waals surface area contributed by atoms with Crippen LogP contribution in [0.3, 0.4) is 0 Å². The molecule has 0 spiro atoms. The van der Waals surface area contributed by atoms with E-state index >= 15 is 0 Å². The van der Waals surface area contributed by atoms with Gasteiger partial charge in [-0.05, 0) is 19.6 Å². The SMILES string of the molecule is CC=P(OC)(OCC)OCCC#N. The van der Waals surface area contributed by atoms with Gasteiger partial charge in [0.1, 0.15) is 0 Å². The number of hydrogen-bond acceptors (Lipinski definition) is 4. The molecule has 1 unspecified atom stereocenters. The van der Waals surface area contributed by atoms with Crippen molar-refractivity contribution >= 4 is 13.4 Å². The second-order valence-electron chi connectivity index (χ2n) is 2.14. The van der Waals surface area contributed by atoms with Crippen molar-refractivity contribution < 1.29 is 13.6 Å². The molecule has 0 fully saturated rings. The first-order valence-corrected chi connectivity index (χ1v) is 5.76. The first kappa shape index (κ1) is 12.7. The van der Waals surface area contributed by atoms with E-state index < -0.39 is 7.57 Å². The van der Waals surface area contributed by atoms with Crippen molar-refractivity contribution in [1.29, 1.82) is 5.26 Å². The standard InChI is InChI=1S/C8H16NO3P/c1-4-11-13(5-2,10-3)12-8-6-7-9/h5H,4,6,8H2,1-3H3. The Hall–Kier alpha value is -0.330. The first-order valence-electron chi connectivity index (χ1n) is 4.15. The minimum absolute atomic E-state index is 0.350. The summed E-state index contributed by atoms with van der Waals surface area (Å²) >= 11 is 0. The zero-order valence-electron chi connectivity index (χ0n) is 8.32. The van der Waals surface area contributed by atoms with Gasteiger partial charge < -0.3 is 13.6 Å². The number of hydrogen-bond donors (Lipinski definition) is 0. The maximum atomic E-state index is 8.33. The Kier molecular flexibility index (Phi) is 6.93. The van der Waals surface area contributed by atoms with Crippen LogP contribution in [-0.4, -0.2) is 26.1 Å². The molecule has 0 saturated carbocycles. The van der Waals surface area contributed by atoms with Crippen molar-refractivity contribution in [2.45, 2.75) is 20.3 Å². The molecule has 0 rings (SSSR count). The lowest BCUT2D eigenvalue weighted by molar-refractivity contribution is 0.184. The van der Waals surface area contributed by atoms with Crippen molar-refractivity contribution in [1.82, 2.24) is 0 Å². The fraction of sp³-hybridized carbons (Fsp3) is 0.750. The molecule has 0 aliphatic heterocycles. The van der Waals surface area contributed by atoms with E-state index in [0.717, 1.165) is 0 Å². The van der Waals surface area contributed by atoms with Crippen LogP contribution in [0.2, 0.25) is 0 Å². The van der Waals surface area contributed by atoms with Crippen LogP contribution in [-0.2, 0) is 13.6 Å². The van der Waals surface area contributed by atoms with Gasteiger partial charge in [-0.2, -0.15) is 5.26 Å². The van der Waals surface area contributed by atoms with Gasteiger partial charge in [0.2, 0.25) is 0 Å². The molecule has 0 aliphatic rings. The average molecular weight is 205 g/mol. The van der Waals surface area contributed by atoms with Crippen LogP contribution in [0.25, 0.3) is 0 Å². The molecule has 0 amide bonds. The van der Waals surface area contributed by atoms with Crippen LogP contribution in [0.1, 0.15) is 20.3 Å². The topological polar surface area (TPSA) is 51.5 Å². The summed E-state index contributed by atoms with van der Waals surface area (Å²) in [6.07, 6.45) is 0.353. The van der Waals surface area contributed by atoms with Gasteiger partial charge in [0.15, 0.2) is 0 Å². The maximum Gasteiger partial charge on any atom is 0.253 e. The zero-order chi connectivity index (χ0) is 10.2. The van der Waals surface area contributed by atoms with Crippen LogP contribution < -0.4 is 0 Å². The van der Waals surface area contributed by atoms with Crippen molar-refractivity contribution in [2.24, 2.45) is 0 Å². The summed E-state index contributed by atoms with van der Waals surface area (Å²) < 4.78 is 15.9. The quantitative estimate of drug-likeness (QED) is 0.492. The highest BCUT2D eigenvalue weighted by molar-refractivity contribution is 7.60. The highest BCUT2D eigenvalue weighted by Crippen LogP contribution is 2.49. The van der Waals surface area contributed by atoms with Crippen LogP contribution in [0.4, 0.5) is 0 Å². The Morgan fingerprint density at radius 3 is 2.54 bits per heavy atom. The third-order valence-corrected chi connectivity index (χ3v) is 3.67. The molecule has 0 N–H and O–H groups in total. The van der Waals surface area contributed by atoms with Crippen molar-refractivity contribution in [3.05, 3.63) is 0 Å². The minimum Gasteiger partial charge on any atom is -0.321 e. The summed E-state index contributed by atoms with van der Waals surface area (Å²) in [6.45, 7) is 4.60. The van der Waals surface area contributed by atoms with Gasteiger partial charge in [-0.3, -0.25) is 0 Å².